The van der Waals surface area contributed by atoms with Crippen LogP contribution in [0, 0.1) is 0 Å². The first-order valence-electron chi connectivity index (χ1n) is 4.77. The fourth-order valence-corrected chi connectivity index (χ4v) is 2.66. The minimum Gasteiger partial charge on any atom is -0.480 e. The summed E-state index contributed by atoms with van der Waals surface area (Å²) in [7, 11) is -2.85. The number of carbonyl (C=O) groups is 1. The molecule has 17 heavy (non-hydrogen) atoms. The van der Waals surface area contributed by atoms with Gasteiger partial charge in [0.15, 0.2) is 0 Å². The smallest absolute Gasteiger partial charge is 0.324 e. The van der Waals surface area contributed by atoms with E-state index in [4.69, 9.17) is 5.11 Å². The fourth-order valence-electron chi connectivity index (χ4n) is 1.25. The first kappa shape index (κ1) is 13.6. The Bertz CT molecular complexity index is 485. The van der Waals surface area contributed by atoms with Gasteiger partial charge in [-0.1, -0.05) is 22.7 Å². The molecule has 6 nitrogen and oxygen atoms in total. The van der Waals surface area contributed by atoms with Gasteiger partial charge in [0.25, 0.3) is 10.0 Å². The average molecular weight is 259 g/mol. The van der Waals surface area contributed by atoms with Gasteiger partial charge in [-0.25, -0.2) is 8.42 Å². The van der Waals surface area contributed by atoms with Gasteiger partial charge in [-0.05, 0) is 19.1 Å². The quantitative estimate of drug-likeness (QED) is 0.787. The molecule has 1 aromatic rings. The van der Waals surface area contributed by atoms with Crippen molar-refractivity contribution in [1.29, 1.82) is 0 Å². The van der Waals surface area contributed by atoms with Crippen LogP contribution in [0.4, 0.5) is 0 Å². The first-order valence-corrected chi connectivity index (χ1v) is 6.21. The summed E-state index contributed by atoms with van der Waals surface area (Å²) in [6.45, 7) is 1.23. The molecule has 0 saturated heterocycles. The fraction of sp³-hybridized carbons (Fsp3) is 0.300. The molecule has 1 N–H and O–H groups in total. The molecule has 94 valence electrons. The summed E-state index contributed by atoms with van der Waals surface area (Å²) in [5, 5.41) is 8.81. The number of carboxylic acids is 1. The van der Waals surface area contributed by atoms with Crippen LogP contribution in [0.25, 0.3) is 0 Å². The Kier molecular flexibility index (Phi) is 4.22. The molecule has 0 aliphatic heterocycles. The van der Waals surface area contributed by atoms with Crippen LogP contribution in [-0.2, 0) is 19.7 Å². The maximum atomic E-state index is 12.0. The third-order valence-corrected chi connectivity index (χ3v) is 3.94. The number of hydrogen-bond acceptors (Lipinski definition) is 4. The van der Waals surface area contributed by atoms with E-state index >= 15 is 0 Å². The second-order valence-corrected chi connectivity index (χ2v) is 5.05. The third kappa shape index (κ3) is 2.82. The van der Waals surface area contributed by atoms with Crippen molar-refractivity contribution in [2.45, 2.75) is 17.9 Å². The molecule has 1 rings (SSSR count). The van der Waals surface area contributed by atoms with Gasteiger partial charge in [0.1, 0.15) is 6.04 Å². The van der Waals surface area contributed by atoms with Crippen molar-refractivity contribution >= 4 is 16.0 Å². The van der Waals surface area contributed by atoms with E-state index in [0.717, 1.165) is 7.11 Å². The van der Waals surface area contributed by atoms with Crippen LogP contribution < -0.4 is 0 Å². The molecule has 0 heterocycles. The zero-order chi connectivity index (χ0) is 13.1. The predicted octanol–water partition coefficient (Wildman–Crippen LogP) is 0.712. The number of sulfonamides is 1. The first-order chi connectivity index (χ1) is 7.91. The Labute approximate surface area is 99.4 Å². The Morgan fingerprint density at radius 3 is 2.29 bits per heavy atom. The van der Waals surface area contributed by atoms with Crippen molar-refractivity contribution in [3.8, 4) is 0 Å². The van der Waals surface area contributed by atoms with Crippen molar-refractivity contribution in [3.63, 3.8) is 0 Å². The summed E-state index contributed by atoms with van der Waals surface area (Å²) in [5.41, 5.74) is 0. The summed E-state index contributed by atoms with van der Waals surface area (Å²) in [6.07, 6.45) is 0. The summed E-state index contributed by atoms with van der Waals surface area (Å²) in [4.78, 5) is 15.4. The van der Waals surface area contributed by atoms with Gasteiger partial charge in [-0.2, -0.15) is 0 Å². The van der Waals surface area contributed by atoms with Gasteiger partial charge in [0.2, 0.25) is 0 Å². The second kappa shape index (κ2) is 5.26. The summed E-state index contributed by atoms with van der Waals surface area (Å²) >= 11 is 0. The van der Waals surface area contributed by atoms with Gasteiger partial charge < -0.3 is 5.11 Å². The third-order valence-electron chi connectivity index (χ3n) is 2.13. The molecule has 0 saturated carbocycles. The molecule has 0 fully saturated rings. The monoisotopic (exact) mass is 259 g/mol. The van der Waals surface area contributed by atoms with Gasteiger partial charge in [-0.15, -0.1) is 0 Å². The molecule has 0 aromatic heterocycles. The second-order valence-electron chi connectivity index (χ2n) is 3.27. The number of aliphatic carboxylic acids is 1. The van der Waals surface area contributed by atoms with Gasteiger partial charge in [0, 0.05) is 0 Å². The molecular formula is C10H13NO5S. The molecule has 0 aliphatic rings. The van der Waals surface area contributed by atoms with Gasteiger partial charge >= 0.3 is 5.97 Å². The van der Waals surface area contributed by atoms with E-state index in [-0.39, 0.29) is 4.90 Å². The Morgan fingerprint density at radius 2 is 1.88 bits per heavy atom. The highest BCUT2D eigenvalue weighted by Gasteiger charge is 2.33. The molecule has 7 heteroatoms. The van der Waals surface area contributed by atoms with E-state index in [1.54, 1.807) is 18.2 Å². The Hall–Kier alpha value is -1.44. The summed E-state index contributed by atoms with van der Waals surface area (Å²) in [6, 6.07) is 6.20. The number of benzene rings is 1. The highest BCUT2D eigenvalue weighted by atomic mass is 32.2. The van der Waals surface area contributed by atoms with E-state index < -0.39 is 22.0 Å². The molecule has 0 amide bonds. The van der Waals surface area contributed by atoms with Crippen LogP contribution in [-0.4, -0.2) is 37.1 Å². The normalized spacial score (nSPS) is 13.6. The van der Waals surface area contributed by atoms with Crippen molar-refractivity contribution in [2.24, 2.45) is 0 Å². The topological polar surface area (TPSA) is 83.9 Å². The Morgan fingerprint density at radius 1 is 1.35 bits per heavy atom. The number of hydroxylamine groups is 1. The maximum Gasteiger partial charge on any atom is 0.324 e. The van der Waals surface area contributed by atoms with Crippen LogP contribution in [0.2, 0.25) is 0 Å². The molecule has 0 unspecified atom stereocenters. The van der Waals surface area contributed by atoms with E-state index in [9.17, 15) is 13.2 Å². The van der Waals surface area contributed by atoms with Crippen molar-refractivity contribution in [1.82, 2.24) is 4.47 Å². The summed E-state index contributed by atoms with van der Waals surface area (Å²) in [5.74, 6) is -1.29. The standard InChI is InChI=1S/C10H13NO5S/c1-8(10(12)13)11(16-2)17(14,15)9-6-4-3-5-7-9/h3-8H,1-2H3,(H,12,13)/t8-/m0/s1. The maximum absolute atomic E-state index is 12.0. The zero-order valence-electron chi connectivity index (χ0n) is 9.40. The van der Waals surface area contributed by atoms with E-state index in [0.29, 0.717) is 4.47 Å². The highest BCUT2D eigenvalue weighted by molar-refractivity contribution is 7.89. The molecule has 0 spiro atoms. The van der Waals surface area contributed by atoms with Crippen molar-refractivity contribution in [3.05, 3.63) is 30.3 Å². The minimum atomic E-state index is -3.97. The molecule has 1 aromatic carbocycles. The highest BCUT2D eigenvalue weighted by Crippen LogP contribution is 2.17. The average Bonchev–Trinajstić information content (AvgIpc) is 2.30. The lowest BCUT2D eigenvalue weighted by Gasteiger charge is -2.22. The molecule has 1 atom stereocenters. The predicted molar refractivity (Wildman–Crippen MR) is 59.6 cm³/mol. The number of carboxylic acid groups (broad SMARTS) is 1. The number of rotatable bonds is 5. The van der Waals surface area contributed by atoms with E-state index in [1.807, 2.05) is 0 Å². The largest absolute Gasteiger partial charge is 0.480 e. The van der Waals surface area contributed by atoms with Gasteiger partial charge in [-0.3, -0.25) is 9.63 Å². The molecule has 0 radical (unpaired) electrons. The van der Waals surface area contributed by atoms with Crippen LogP contribution >= 0.6 is 0 Å². The SMILES string of the molecule is CON([C@@H](C)C(=O)O)S(=O)(=O)c1ccccc1. The van der Waals surface area contributed by atoms with Gasteiger partial charge in [0.05, 0.1) is 12.0 Å². The van der Waals surface area contributed by atoms with E-state index in [1.165, 1.54) is 19.1 Å². The Balaban J connectivity index is 3.16. The zero-order valence-corrected chi connectivity index (χ0v) is 10.2. The minimum absolute atomic E-state index is 0.0186. The number of nitrogens with zero attached hydrogens (tertiary/aromatic N) is 1. The summed E-state index contributed by atoms with van der Waals surface area (Å²) < 4.78 is 24.6. The van der Waals surface area contributed by atoms with Crippen LogP contribution in [0.3, 0.4) is 0 Å². The van der Waals surface area contributed by atoms with Crippen molar-refractivity contribution in [2.75, 3.05) is 7.11 Å². The van der Waals surface area contributed by atoms with E-state index in [2.05, 4.69) is 4.84 Å². The van der Waals surface area contributed by atoms with Crippen molar-refractivity contribution < 1.29 is 23.2 Å². The lowest BCUT2D eigenvalue weighted by molar-refractivity contribution is -0.154. The number of hydrogen-bond donors (Lipinski definition) is 1. The molecule has 0 bridgehead atoms. The van der Waals surface area contributed by atoms with Crippen LogP contribution in [0.1, 0.15) is 6.92 Å². The van der Waals surface area contributed by atoms with Crippen LogP contribution in [0.15, 0.2) is 35.2 Å². The lowest BCUT2D eigenvalue weighted by Crippen LogP contribution is -2.42. The molecular weight excluding hydrogens is 246 g/mol. The molecule has 0 aliphatic carbocycles. The lowest BCUT2D eigenvalue weighted by atomic mass is 10.4. The van der Waals surface area contributed by atoms with Crippen LogP contribution in [0.5, 0.6) is 0 Å².